The van der Waals surface area contributed by atoms with Crippen molar-refractivity contribution in [2.75, 3.05) is 26.2 Å². The molecule has 1 aliphatic rings. The molecule has 1 saturated heterocycles. The van der Waals surface area contributed by atoms with Crippen LogP contribution < -0.4 is 5.32 Å². The molecule has 1 heterocycles. The lowest BCUT2D eigenvalue weighted by molar-refractivity contribution is -0.121. The molecule has 1 aromatic carbocycles. The fourth-order valence-electron chi connectivity index (χ4n) is 2.33. The van der Waals surface area contributed by atoms with Gasteiger partial charge in [-0.2, -0.15) is 0 Å². The first-order valence-corrected chi connectivity index (χ1v) is 7.88. The van der Waals surface area contributed by atoms with Crippen LogP contribution in [0.25, 0.3) is 0 Å². The van der Waals surface area contributed by atoms with E-state index < -0.39 is 0 Å². The molecular weight excluding hydrogens is 302 g/mol. The van der Waals surface area contributed by atoms with Crippen LogP contribution in [0.15, 0.2) is 24.3 Å². The summed E-state index contributed by atoms with van der Waals surface area (Å²) in [5.74, 6) is 0.296. The van der Waals surface area contributed by atoms with Gasteiger partial charge in [-0.3, -0.25) is 4.79 Å². The number of rotatable bonds is 6. The van der Waals surface area contributed by atoms with Crippen LogP contribution in [0.3, 0.4) is 0 Å². The highest BCUT2D eigenvalue weighted by Gasteiger charge is 2.29. The minimum atomic E-state index is -0.105. The van der Waals surface area contributed by atoms with E-state index in [2.05, 4.69) is 5.32 Å². The number of urea groups is 1. The third kappa shape index (κ3) is 4.63. The predicted molar refractivity (Wildman–Crippen MR) is 86.7 cm³/mol. The largest absolute Gasteiger partial charge is 0.354 e. The highest BCUT2D eigenvalue weighted by molar-refractivity contribution is 6.30. The average Bonchev–Trinajstić information content (AvgIpc) is 2.78. The first kappa shape index (κ1) is 16.6. The maximum absolute atomic E-state index is 12.3. The summed E-state index contributed by atoms with van der Waals surface area (Å²) >= 11 is 5.96. The highest BCUT2D eigenvalue weighted by Crippen LogP contribution is 2.16. The molecule has 120 valence electrons. The minimum absolute atomic E-state index is 0.0975. The number of carbonyl (C=O) groups is 2. The second-order valence-electron chi connectivity index (χ2n) is 5.95. The van der Waals surface area contributed by atoms with E-state index in [4.69, 9.17) is 11.6 Å². The second kappa shape index (κ2) is 7.49. The molecule has 3 amide bonds. The molecular formula is C16H22ClN3O2. The molecule has 0 radical (unpaired) electrons. The number of halogens is 1. The summed E-state index contributed by atoms with van der Waals surface area (Å²) in [5, 5.41) is 3.49. The zero-order valence-corrected chi connectivity index (χ0v) is 13.8. The van der Waals surface area contributed by atoms with E-state index in [1.807, 2.05) is 38.1 Å². The monoisotopic (exact) mass is 323 g/mol. The van der Waals surface area contributed by atoms with Crippen LogP contribution in [0.5, 0.6) is 0 Å². The molecule has 22 heavy (non-hydrogen) atoms. The van der Waals surface area contributed by atoms with Gasteiger partial charge in [0.1, 0.15) is 6.54 Å². The Morgan fingerprint density at radius 3 is 2.73 bits per heavy atom. The number of carbonyl (C=O) groups excluding carboxylic acids is 2. The molecule has 1 fully saturated rings. The minimum Gasteiger partial charge on any atom is -0.354 e. The summed E-state index contributed by atoms with van der Waals surface area (Å²) in [6.45, 7) is 6.55. The summed E-state index contributed by atoms with van der Waals surface area (Å²) in [5.41, 5.74) is 0.993. The van der Waals surface area contributed by atoms with Crippen LogP contribution in [0.4, 0.5) is 4.79 Å². The zero-order chi connectivity index (χ0) is 16.1. The molecule has 2 rings (SSSR count). The molecule has 1 N–H and O–H groups in total. The molecule has 1 aromatic rings. The van der Waals surface area contributed by atoms with Crippen molar-refractivity contribution in [3.63, 3.8) is 0 Å². The summed E-state index contributed by atoms with van der Waals surface area (Å²) in [6, 6.07) is 7.38. The van der Waals surface area contributed by atoms with Crippen LogP contribution >= 0.6 is 11.6 Å². The predicted octanol–water partition coefficient (Wildman–Crippen LogP) is 2.35. The van der Waals surface area contributed by atoms with Crippen LogP contribution in [0.2, 0.25) is 5.02 Å². The van der Waals surface area contributed by atoms with Crippen LogP contribution in [0.1, 0.15) is 19.4 Å². The van der Waals surface area contributed by atoms with Crippen molar-refractivity contribution in [3.05, 3.63) is 34.9 Å². The Morgan fingerprint density at radius 2 is 2.05 bits per heavy atom. The zero-order valence-electron chi connectivity index (χ0n) is 13.0. The molecule has 0 unspecified atom stereocenters. The summed E-state index contributed by atoms with van der Waals surface area (Å²) in [7, 11) is 0. The lowest BCUT2D eigenvalue weighted by Crippen LogP contribution is -2.40. The van der Waals surface area contributed by atoms with Crippen molar-refractivity contribution in [3.8, 4) is 0 Å². The van der Waals surface area contributed by atoms with E-state index in [9.17, 15) is 9.59 Å². The van der Waals surface area contributed by atoms with E-state index in [0.717, 1.165) is 5.56 Å². The summed E-state index contributed by atoms with van der Waals surface area (Å²) in [6.07, 6.45) is 0. The van der Waals surface area contributed by atoms with Gasteiger partial charge >= 0.3 is 6.03 Å². The Labute approximate surface area is 136 Å². The first-order chi connectivity index (χ1) is 10.5. The van der Waals surface area contributed by atoms with E-state index in [-0.39, 0.29) is 18.5 Å². The Kier molecular flexibility index (Phi) is 5.66. The van der Waals surface area contributed by atoms with Gasteiger partial charge in [-0.05, 0) is 23.6 Å². The van der Waals surface area contributed by atoms with Crippen molar-refractivity contribution in [1.82, 2.24) is 15.1 Å². The van der Waals surface area contributed by atoms with Gasteiger partial charge in [0.25, 0.3) is 0 Å². The third-order valence-corrected chi connectivity index (χ3v) is 3.72. The SMILES string of the molecule is CC(C)CNC(=O)CN1CCN(Cc2cccc(Cl)c2)C1=O. The van der Waals surface area contributed by atoms with E-state index in [0.29, 0.717) is 37.1 Å². The number of hydrogen-bond acceptors (Lipinski definition) is 2. The quantitative estimate of drug-likeness (QED) is 0.873. The molecule has 0 atom stereocenters. The number of benzene rings is 1. The molecule has 0 spiro atoms. The van der Waals surface area contributed by atoms with Gasteiger partial charge in [0.15, 0.2) is 0 Å². The molecule has 0 aliphatic carbocycles. The van der Waals surface area contributed by atoms with Crippen molar-refractivity contribution < 1.29 is 9.59 Å². The van der Waals surface area contributed by atoms with Crippen molar-refractivity contribution in [1.29, 1.82) is 0 Å². The number of nitrogens with zero attached hydrogens (tertiary/aromatic N) is 2. The Morgan fingerprint density at radius 1 is 1.32 bits per heavy atom. The molecule has 0 saturated carbocycles. The third-order valence-electron chi connectivity index (χ3n) is 3.49. The lowest BCUT2D eigenvalue weighted by Gasteiger charge is -2.19. The lowest BCUT2D eigenvalue weighted by atomic mass is 10.2. The summed E-state index contributed by atoms with van der Waals surface area (Å²) in [4.78, 5) is 27.4. The van der Waals surface area contributed by atoms with Gasteiger partial charge in [0, 0.05) is 31.2 Å². The molecule has 0 bridgehead atoms. The number of hydrogen-bond donors (Lipinski definition) is 1. The number of nitrogens with one attached hydrogen (secondary N) is 1. The second-order valence-corrected chi connectivity index (χ2v) is 6.39. The topological polar surface area (TPSA) is 52.7 Å². The summed E-state index contributed by atoms with van der Waals surface area (Å²) < 4.78 is 0. The van der Waals surface area contributed by atoms with Gasteiger partial charge in [0.05, 0.1) is 0 Å². The fourth-order valence-corrected chi connectivity index (χ4v) is 2.54. The van der Waals surface area contributed by atoms with Gasteiger partial charge < -0.3 is 15.1 Å². The van der Waals surface area contributed by atoms with Gasteiger partial charge in [-0.25, -0.2) is 4.79 Å². The van der Waals surface area contributed by atoms with Crippen molar-refractivity contribution in [2.45, 2.75) is 20.4 Å². The van der Waals surface area contributed by atoms with Crippen LogP contribution in [-0.4, -0.2) is 47.9 Å². The maximum atomic E-state index is 12.3. The van der Waals surface area contributed by atoms with Crippen molar-refractivity contribution >= 4 is 23.5 Å². The van der Waals surface area contributed by atoms with Crippen molar-refractivity contribution in [2.24, 2.45) is 5.92 Å². The molecule has 5 nitrogen and oxygen atoms in total. The van der Waals surface area contributed by atoms with Gasteiger partial charge in [-0.15, -0.1) is 0 Å². The Hall–Kier alpha value is -1.75. The Bertz CT molecular complexity index is 548. The first-order valence-electron chi connectivity index (χ1n) is 7.50. The fraction of sp³-hybridized carbons (Fsp3) is 0.500. The highest BCUT2D eigenvalue weighted by atomic mass is 35.5. The van der Waals surface area contributed by atoms with Crippen LogP contribution in [-0.2, 0) is 11.3 Å². The normalized spacial score (nSPS) is 14.8. The van der Waals surface area contributed by atoms with E-state index in [1.54, 1.807) is 9.80 Å². The van der Waals surface area contributed by atoms with E-state index >= 15 is 0 Å². The van der Waals surface area contributed by atoms with E-state index in [1.165, 1.54) is 0 Å². The van der Waals surface area contributed by atoms with Gasteiger partial charge in [0.2, 0.25) is 5.91 Å². The average molecular weight is 324 g/mol. The standard InChI is InChI=1S/C16H22ClN3O2/c1-12(2)9-18-15(21)11-20-7-6-19(16(20)22)10-13-4-3-5-14(17)8-13/h3-5,8,12H,6-7,9-11H2,1-2H3,(H,18,21). The maximum Gasteiger partial charge on any atom is 0.320 e. The van der Waals surface area contributed by atoms with Gasteiger partial charge in [-0.1, -0.05) is 37.6 Å². The van der Waals surface area contributed by atoms with Crippen LogP contribution in [0, 0.1) is 5.92 Å². The number of amides is 3. The molecule has 1 aliphatic heterocycles. The molecule has 0 aromatic heterocycles. The Balaban J connectivity index is 1.85. The smallest absolute Gasteiger partial charge is 0.320 e. The molecule has 6 heteroatoms.